The van der Waals surface area contributed by atoms with E-state index in [-0.39, 0.29) is 24.5 Å². The van der Waals surface area contributed by atoms with Gasteiger partial charge in [-0.1, -0.05) is 42.5 Å². The molecule has 2 aliphatic heterocycles. The molecule has 2 atom stereocenters. The zero-order valence-electron chi connectivity index (χ0n) is 14.2. The van der Waals surface area contributed by atoms with Crippen LogP contribution in [0, 0.1) is 0 Å². The van der Waals surface area contributed by atoms with Crippen molar-refractivity contribution in [3.05, 3.63) is 71.3 Å². The third-order valence-corrected chi connectivity index (χ3v) is 5.12. The molecule has 0 aliphatic carbocycles. The number of urea groups is 1. The fraction of sp³-hybridized carbons (Fsp3) is 0.250. The van der Waals surface area contributed by atoms with Gasteiger partial charge in [-0.15, -0.1) is 0 Å². The predicted octanol–water partition coefficient (Wildman–Crippen LogP) is 2.45. The molecule has 2 heterocycles. The van der Waals surface area contributed by atoms with Crippen molar-refractivity contribution >= 4 is 17.8 Å². The molecular weight excluding hydrogens is 330 g/mol. The number of carbonyl (C=O) groups excluding carboxylic acids is 3. The maximum Gasteiger partial charge on any atom is 0.328 e. The summed E-state index contributed by atoms with van der Waals surface area (Å²) in [5.41, 5.74) is 7.43. The number of primary amides is 1. The standard InChI is InChI=1S/C20H19N3O3/c21-18(24)15-8-4-5-13(11-15)12-22-19(25)17-10-9-16(23(17)20(22)26)14-6-2-1-3-7-14/h1-8,11,16-17H,9-10,12H2,(H2,21,24)/t16-,17-/m0/s1. The van der Waals surface area contributed by atoms with E-state index in [1.165, 1.54) is 4.90 Å². The Labute approximate surface area is 151 Å². The molecule has 0 bridgehead atoms. The average molecular weight is 349 g/mol. The van der Waals surface area contributed by atoms with Crippen LogP contribution in [0.15, 0.2) is 54.6 Å². The van der Waals surface area contributed by atoms with Gasteiger partial charge in [-0.2, -0.15) is 0 Å². The number of fused-ring (bicyclic) bond motifs is 1. The van der Waals surface area contributed by atoms with Gasteiger partial charge in [0.1, 0.15) is 6.04 Å². The van der Waals surface area contributed by atoms with Gasteiger partial charge in [0, 0.05) is 5.56 Å². The second-order valence-electron chi connectivity index (χ2n) is 6.70. The van der Waals surface area contributed by atoms with Crippen molar-refractivity contribution in [2.24, 2.45) is 5.73 Å². The lowest BCUT2D eigenvalue weighted by Crippen LogP contribution is -2.34. The molecule has 0 radical (unpaired) electrons. The predicted molar refractivity (Wildman–Crippen MR) is 94.9 cm³/mol. The molecule has 132 valence electrons. The van der Waals surface area contributed by atoms with Gasteiger partial charge in [-0.05, 0) is 36.1 Å². The van der Waals surface area contributed by atoms with E-state index >= 15 is 0 Å². The van der Waals surface area contributed by atoms with Crippen LogP contribution in [0.1, 0.15) is 40.4 Å². The number of nitrogens with two attached hydrogens (primary N) is 1. The Morgan fingerprint density at radius 3 is 2.46 bits per heavy atom. The molecule has 2 saturated heterocycles. The van der Waals surface area contributed by atoms with Crippen molar-refractivity contribution in [3.8, 4) is 0 Å². The number of hydrogen-bond acceptors (Lipinski definition) is 3. The van der Waals surface area contributed by atoms with Crippen molar-refractivity contribution in [1.29, 1.82) is 0 Å². The molecule has 2 aliphatic rings. The Kier molecular flexibility index (Phi) is 3.95. The van der Waals surface area contributed by atoms with Crippen LogP contribution in [-0.4, -0.2) is 33.7 Å². The third-order valence-electron chi connectivity index (χ3n) is 5.12. The first-order chi connectivity index (χ1) is 12.6. The van der Waals surface area contributed by atoms with Crippen LogP contribution in [0.25, 0.3) is 0 Å². The van der Waals surface area contributed by atoms with Crippen LogP contribution in [0.2, 0.25) is 0 Å². The highest BCUT2D eigenvalue weighted by Crippen LogP contribution is 2.41. The number of benzene rings is 2. The highest BCUT2D eigenvalue weighted by molar-refractivity contribution is 6.04. The fourth-order valence-electron chi connectivity index (χ4n) is 3.89. The monoisotopic (exact) mass is 349 g/mol. The third kappa shape index (κ3) is 2.63. The smallest absolute Gasteiger partial charge is 0.328 e. The minimum Gasteiger partial charge on any atom is -0.366 e. The summed E-state index contributed by atoms with van der Waals surface area (Å²) in [6.07, 6.45) is 1.46. The molecule has 26 heavy (non-hydrogen) atoms. The van der Waals surface area contributed by atoms with Crippen molar-refractivity contribution in [2.75, 3.05) is 0 Å². The Bertz CT molecular complexity index is 881. The fourth-order valence-corrected chi connectivity index (χ4v) is 3.89. The highest BCUT2D eigenvalue weighted by atomic mass is 16.2. The molecule has 2 fully saturated rings. The van der Waals surface area contributed by atoms with Crippen LogP contribution >= 0.6 is 0 Å². The first-order valence-corrected chi connectivity index (χ1v) is 8.63. The van der Waals surface area contributed by atoms with E-state index in [0.717, 1.165) is 12.0 Å². The second-order valence-corrected chi connectivity index (χ2v) is 6.70. The van der Waals surface area contributed by atoms with Gasteiger partial charge in [-0.25, -0.2) is 4.79 Å². The number of amides is 4. The minimum atomic E-state index is -0.532. The quantitative estimate of drug-likeness (QED) is 0.861. The first kappa shape index (κ1) is 16.3. The Morgan fingerprint density at radius 2 is 1.73 bits per heavy atom. The molecule has 4 rings (SSSR count). The van der Waals surface area contributed by atoms with Gasteiger partial charge in [0.2, 0.25) is 5.91 Å². The van der Waals surface area contributed by atoms with Gasteiger partial charge < -0.3 is 10.6 Å². The van der Waals surface area contributed by atoms with Gasteiger partial charge in [0.25, 0.3) is 5.91 Å². The molecule has 6 heteroatoms. The maximum atomic E-state index is 12.9. The maximum absolute atomic E-state index is 12.9. The molecule has 2 N–H and O–H groups in total. The zero-order chi connectivity index (χ0) is 18.3. The molecule has 2 aromatic rings. The van der Waals surface area contributed by atoms with E-state index in [0.29, 0.717) is 17.5 Å². The molecule has 0 aromatic heterocycles. The summed E-state index contributed by atoms with van der Waals surface area (Å²) in [4.78, 5) is 40.0. The van der Waals surface area contributed by atoms with Crippen LogP contribution in [0.5, 0.6) is 0 Å². The zero-order valence-corrected chi connectivity index (χ0v) is 14.2. The average Bonchev–Trinajstić information content (AvgIpc) is 3.19. The van der Waals surface area contributed by atoms with Crippen molar-refractivity contribution in [3.63, 3.8) is 0 Å². The van der Waals surface area contributed by atoms with Crippen molar-refractivity contribution in [2.45, 2.75) is 31.5 Å². The summed E-state index contributed by atoms with van der Waals surface area (Å²) in [5.74, 6) is -0.700. The van der Waals surface area contributed by atoms with Gasteiger partial charge in [-0.3, -0.25) is 14.5 Å². The van der Waals surface area contributed by atoms with Crippen molar-refractivity contribution < 1.29 is 14.4 Å². The van der Waals surface area contributed by atoms with Crippen LogP contribution in [-0.2, 0) is 11.3 Å². The summed E-state index contributed by atoms with van der Waals surface area (Å²) in [7, 11) is 0. The minimum absolute atomic E-state index is 0.0698. The van der Waals surface area contributed by atoms with Gasteiger partial charge >= 0.3 is 6.03 Å². The molecule has 6 nitrogen and oxygen atoms in total. The molecule has 4 amide bonds. The summed E-state index contributed by atoms with van der Waals surface area (Å²) < 4.78 is 0. The normalized spacial score (nSPS) is 22.0. The van der Waals surface area contributed by atoms with Crippen LogP contribution in [0.4, 0.5) is 4.79 Å². The Morgan fingerprint density at radius 1 is 1.00 bits per heavy atom. The van der Waals surface area contributed by atoms with E-state index in [1.54, 1.807) is 29.2 Å². The SMILES string of the molecule is NC(=O)c1cccc(CN2C(=O)[C@@H]3CC[C@@H](c4ccccc4)N3C2=O)c1. The largest absolute Gasteiger partial charge is 0.366 e. The molecule has 0 unspecified atom stereocenters. The summed E-state index contributed by atoms with van der Waals surface area (Å²) in [5, 5.41) is 0. The van der Waals surface area contributed by atoms with Crippen LogP contribution in [0.3, 0.4) is 0 Å². The van der Waals surface area contributed by atoms with E-state index in [2.05, 4.69) is 0 Å². The summed E-state index contributed by atoms with van der Waals surface area (Å²) in [6, 6.07) is 15.8. The van der Waals surface area contributed by atoms with E-state index in [4.69, 9.17) is 5.73 Å². The molecular formula is C20H19N3O3. The second kappa shape index (κ2) is 6.29. The molecule has 2 aromatic carbocycles. The molecule has 0 saturated carbocycles. The highest BCUT2D eigenvalue weighted by Gasteiger charge is 2.51. The van der Waals surface area contributed by atoms with E-state index in [1.807, 2.05) is 30.3 Å². The number of hydrogen-bond donors (Lipinski definition) is 1. The van der Waals surface area contributed by atoms with Gasteiger partial charge in [0.05, 0.1) is 12.6 Å². The summed E-state index contributed by atoms with van der Waals surface area (Å²) in [6.45, 7) is 0.146. The lowest BCUT2D eigenvalue weighted by atomic mass is 10.0. The topological polar surface area (TPSA) is 83.7 Å². The van der Waals surface area contributed by atoms with Gasteiger partial charge in [0.15, 0.2) is 0 Å². The number of imide groups is 1. The number of rotatable bonds is 4. The lowest BCUT2D eigenvalue weighted by Gasteiger charge is -2.24. The van der Waals surface area contributed by atoms with Crippen molar-refractivity contribution in [1.82, 2.24) is 9.80 Å². The Balaban J connectivity index is 1.58. The van der Waals surface area contributed by atoms with E-state index < -0.39 is 11.9 Å². The lowest BCUT2D eigenvalue weighted by molar-refractivity contribution is -0.128. The summed E-state index contributed by atoms with van der Waals surface area (Å²) >= 11 is 0. The van der Waals surface area contributed by atoms with Crippen LogP contribution < -0.4 is 5.73 Å². The van der Waals surface area contributed by atoms with E-state index in [9.17, 15) is 14.4 Å². The molecule has 0 spiro atoms. The number of carbonyl (C=O) groups is 3. The number of nitrogens with zero attached hydrogens (tertiary/aromatic N) is 2. The Hall–Kier alpha value is -3.15. The first-order valence-electron chi connectivity index (χ1n) is 8.63.